The Morgan fingerprint density at radius 2 is 2.05 bits per heavy atom. The molecule has 1 aliphatic heterocycles. The first kappa shape index (κ1) is 16.2. The highest BCUT2D eigenvalue weighted by molar-refractivity contribution is 5.82. The number of rotatable bonds is 5. The Kier molecular flexibility index (Phi) is 5.31. The fraction of sp³-hybridized carbons (Fsp3) is 0.471. The van der Waals surface area contributed by atoms with Gasteiger partial charge in [-0.25, -0.2) is 4.99 Å². The van der Waals surface area contributed by atoms with Crippen LogP contribution in [-0.4, -0.2) is 56.6 Å². The van der Waals surface area contributed by atoms with E-state index in [2.05, 4.69) is 47.4 Å². The van der Waals surface area contributed by atoms with Crippen LogP contribution in [0, 0.1) is 0 Å². The molecule has 1 unspecified atom stereocenters. The SMILES string of the molecule is COc1cccc(CCN(C)C2=CC(C)N=C(N(C)C)N2)c1. The molecule has 0 radical (unpaired) electrons. The van der Waals surface area contributed by atoms with Crippen molar-refractivity contribution in [2.75, 3.05) is 34.8 Å². The Hall–Kier alpha value is -2.17. The lowest BCUT2D eigenvalue weighted by Gasteiger charge is -2.30. The minimum Gasteiger partial charge on any atom is -0.497 e. The number of guanidine groups is 1. The van der Waals surface area contributed by atoms with E-state index >= 15 is 0 Å². The zero-order chi connectivity index (χ0) is 16.1. The van der Waals surface area contributed by atoms with E-state index in [1.165, 1.54) is 5.56 Å². The molecule has 0 aromatic heterocycles. The molecule has 1 aromatic rings. The van der Waals surface area contributed by atoms with E-state index in [0.717, 1.165) is 30.5 Å². The van der Waals surface area contributed by atoms with Crippen LogP contribution in [0.3, 0.4) is 0 Å². The quantitative estimate of drug-likeness (QED) is 0.902. The number of methoxy groups -OCH3 is 1. The lowest BCUT2D eigenvalue weighted by Crippen LogP contribution is -2.44. The third-order valence-corrected chi connectivity index (χ3v) is 3.67. The van der Waals surface area contributed by atoms with Crippen molar-refractivity contribution in [3.63, 3.8) is 0 Å². The molecule has 1 N–H and O–H groups in total. The van der Waals surface area contributed by atoms with E-state index in [9.17, 15) is 0 Å². The minimum absolute atomic E-state index is 0.188. The summed E-state index contributed by atoms with van der Waals surface area (Å²) in [5.74, 6) is 2.91. The standard InChI is InChI=1S/C17H26N4O/c1-13-11-16(19-17(18-13)20(2)3)21(4)10-9-14-7-6-8-15(12-14)22-5/h6-8,11-13H,9-10H2,1-5H3,(H,18,19). The molecule has 5 heteroatoms. The monoisotopic (exact) mass is 302 g/mol. The molecule has 0 aliphatic carbocycles. The Balaban J connectivity index is 1.96. The Bertz CT molecular complexity index is 566. The lowest BCUT2D eigenvalue weighted by atomic mass is 10.1. The van der Waals surface area contributed by atoms with Gasteiger partial charge in [-0.1, -0.05) is 12.1 Å². The largest absolute Gasteiger partial charge is 0.497 e. The van der Waals surface area contributed by atoms with Gasteiger partial charge in [-0.05, 0) is 37.1 Å². The average molecular weight is 302 g/mol. The van der Waals surface area contributed by atoms with Crippen LogP contribution in [-0.2, 0) is 6.42 Å². The predicted molar refractivity (Wildman–Crippen MR) is 91.1 cm³/mol. The van der Waals surface area contributed by atoms with Gasteiger partial charge in [0, 0.05) is 27.7 Å². The second kappa shape index (κ2) is 7.20. The maximum Gasteiger partial charge on any atom is 0.199 e. The highest BCUT2D eigenvalue weighted by Gasteiger charge is 2.16. The van der Waals surface area contributed by atoms with Crippen molar-refractivity contribution in [3.05, 3.63) is 41.7 Å². The van der Waals surface area contributed by atoms with Gasteiger partial charge in [-0.15, -0.1) is 0 Å². The molecule has 5 nitrogen and oxygen atoms in total. The van der Waals surface area contributed by atoms with E-state index in [4.69, 9.17) is 4.74 Å². The fourth-order valence-corrected chi connectivity index (χ4v) is 2.34. The molecule has 22 heavy (non-hydrogen) atoms. The van der Waals surface area contributed by atoms with E-state index in [0.29, 0.717) is 0 Å². The van der Waals surface area contributed by atoms with Crippen molar-refractivity contribution < 1.29 is 4.74 Å². The van der Waals surface area contributed by atoms with Crippen molar-refractivity contribution in [3.8, 4) is 5.75 Å². The van der Waals surface area contributed by atoms with Crippen LogP contribution in [0.5, 0.6) is 5.75 Å². The summed E-state index contributed by atoms with van der Waals surface area (Å²) in [6.45, 7) is 3.03. The average Bonchev–Trinajstić information content (AvgIpc) is 2.52. The molecule has 0 spiro atoms. The van der Waals surface area contributed by atoms with Crippen molar-refractivity contribution in [1.82, 2.24) is 15.1 Å². The normalized spacial score (nSPS) is 17.2. The molecule has 1 heterocycles. The van der Waals surface area contributed by atoms with Gasteiger partial charge in [-0.3, -0.25) is 0 Å². The summed E-state index contributed by atoms with van der Waals surface area (Å²) < 4.78 is 5.27. The molecule has 120 valence electrons. The summed E-state index contributed by atoms with van der Waals surface area (Å²) in [7, 11) is 7.80. The maximum absolute atomic E-state index is 5.27. The van der Waals surface area contributed by atoms with Crippen LogP contribution in [0.25, 0.3) is 0 Å². The Labute approximate surface area is 133 Å². The molecule has 1 aliphatic rings. The van der Waals surface area contributed by atoms with E-state index < -0.39 is 0 Å². The van der Waals surface area contributed by atoms with Gasteiger partial charge < -0.3 is 19.9 Å². The molecule has 2 rings (SSSR count). The summed E-state index contributed by atoms with van der Waals surface area (Å²) in [5.41, 5.74) is 1.28. The number of nitrogens with zero attached hydrogens (tertiary/aromatic N) is 3. The van der Waals surface area contributed by atoms with Crippen molar-refractivity contribution in [2.24, 2.45) is 4.99 Å². The van der Waals surface area contributed by atoms with E-state index in [1.54, 1.807) is 7.11 Å². The van der Waals surface area contributed by atoms with Crippen molar-refractivity contribution in [2.45, 2.75) is 19.4 Å². The van der Waals surface area contributed by atoms with Gasteiger partial charge in [0.2, 0.25) is 0 Å². The van der Waals surface area contributed by atoms with Crippen LogP contribution < -0.4 is 10.1 Å². The molecular weight excluding hydrogens is 276 g/mol. The van der Waals surface area contributed by atoms with Gasteiger partial charge in [-0.2, -0.15) is 0 Å². The van der Waals surface area contributed by atoms with Crippen LogP contribution >= 0.6 is 0 Å². The number of hydrogen-bond donors (Lipinski definition) is 1. The molecule has 0 saturated heterocycles. The second-order valence-electron chi connectivity index (χ2n) is 5.79. The Morgan fingerprint density at radius 1 is 1.27 bits per heavy atom. The third-order valence-electron chi connectivity index (χ3n) is 3.67. The van der Waals surface area contributed by atoms with E-state index in [-0.39, 0.29) is 6.04 Å². The van der Waals surface area contributed by atoms with Crippen LogP contribution in [0.2, 0.25) is 0 Å². The van der Waals surface area contributed by atoms with Gasteiger partial charge >= 0.3 is 0 Å². The summed E-state index contributed by atoms with van der Waals surface area (Å²) in [6, 6.07) is 8.42. The number of aliphatic imine (C=N–C) groups is 1. The highest BCUT2D eigenvalue weighted by atomic mass is 16.5. The lowest BCUT2D eigenvalue weighted by molar-refractivity contribution is 0.390. The van der Waals surface area contributed by atoms with E-state index in [1.807, 2.05) is 31.1 Å². The van der Waals surface area contributed by atoms with Crippen LogP contribution in [0.1, 0.15) is 12.5 Å². The molecule has 0 saturated carbocycles. The van der Waals surface area contributed by atoms with Gasteiger partial charge in [0.05, 0.1) is 13.2 Å². The first-order valence-corrected chi connectivity index (χ1v) is 7.57. The fourth-order valence-electron chi connectivity index (χ4n) is 2.34. The number of nitrogens with one attached hydrogen (secondary N) is 1. The first-order valence-electron chi connectivity index (χ1n) is 7.57. The molecule has 0 fully saturated rings. The molecule has 0 bridgehead atoms. The van der Waals surface area contributed by atoms with Crippen LogP contribution in [0.15, 0.2) is 41.2 Å². The molecule has 1 atom stereocenters. The first-order chi connectivity index (χ1) is 10.5. The molecule has 1 aromatic carbocycles. The van der Waals surface area contributed by atoms with Crippen molar-refractivity contribution in [1.29, 1.82) is 0 Å². The zero-order valence-corrected chi connectivity index (χ0v) is 14.1. The topological polar surface area (TPSA) is 40.1 Å². The maximum atomic E-state index is 5.27. The minimum atomic E-state index is 0.188. The summed E-state index contributed by atoms with van der Waals surface area (Å²) in [4.78, 5) is 8.80. The number of ether oxygens (including phenoxy) is 1. The molecular formula is C17H26N4O. The smallest absolute Gasteiger partial charge is 0.199 e. The summed E-state index contributed by atoms with van der Waals surface area (Å²) in [5, 5.41) is 3.38. The third kappa shape index (κ3) is 4.16. The van der Waals surface area contributed by atoms with Crippen molar-refractivity contribution >= 4 is 5.96 Å². The number of likely N-dealkylation sites (N-methyl/N-ethyl adjacent to an activating group) is 1. The summed E-state index contributed by atoms with van der Waals surface area (Å²) in [6.07, 6.45) is 3.12. The second-order valence-corrected chi connectivity index (χ2v) is 5.79. The molecule has 0 amide bonds. The van der Waals surface area contributed by atoms with Gasteiger partial charge in [0.1, 0.15) is 11.6 Å². The number of benzene rings is 1. The number of hydrogen-bond acceptors (Lipinski definition) is 5. The summed E-state index contributed by atoms with van der Waals surface area (Å²) >= 11 is 0. The predicted octanol–water partition coefficient (Wildman–Crippen LogP) is 1.92. The zero-order valence-electron chi connectivity index (χ0n) is 14.1. The van der Waals surface area contributed by atoms with Crippen LogP contribution in [0.4, 0.5) is 0 Å². The highest BCUT2D eigenvalue weighted by Crippen LogP contribution is 2.14. The van der Waals surface area contributed by atoms with Gasteiger partial charge in [0.25, 0.3) is 0 Å². The Morgan fingerprint density at radius 3 is 2.73 bits per heavy atom. The van der Waals surface area contributed by atoms with Gasteiger partial charge in [0.15, 0.2) is 5.96 Å².